The Morgan fingerprint density at radius 2 is 1.86 bits per heavy atom. The molecule has 0 saturated carbocycles. The Balaban J connectivity index is 1.76. The summed E-state index contributed by atoms with van der Waals surface area (Å²) in [5.74, 6) is 0. The minimum Gasteiger partial charge on any atom is -0.307 e. The molecule has 0 atom stereocenters. The van der Waals surface area contributed by atoms with Crippen molar-refractivity contribution in [2.75, 3.05) is 0 Å². The highest BCUT2D eigenvalue weighted by Gasteiger charge is 2.07. The van der Waals surface area contributed by atoms with E-state index in [0.717, 1.165) is 35.4 Å². The molecular weight excluding hydrogens is 264 g/mol. The lowest BCUT2D eigenvalue weighted by atomic mass is 10.2. The molecule has 1 aromatic carbocycles. The average Bonchev–Trinajstić information content (AvgIpc) is 2.73. The highest BCUT2D eigenvalue weighted by atomic mass is 16.1. The van der Waals surface area contributed by atoms with Crippen molar-refractivity contribution >= 4 is 11.0 Å². The number of imidazole rings is 1. The van der Waals surface area contributed by atoms with Crippen LogP contribution in [0.3, 0.4) is 0 Å². The molecule has 3 rings (SSSR count). The SMILES string of the molecule is Cn1c(=O)n(C)c2cc(CNCc3ccccn3)ccc21. The van der Waals surface area contributed by atoms with E-state index in [1.54, 1.807) is 29.4 Å². The molecule has 21 heavy (non-hydrogen) atoms. The summed E-state index contributed by atoms with van der Waals surface area (Å²) < 4.78 is 3.35. The number of hydrogen-bond acceptors (Lipinski definition) is 3. The van der Waals surface area contributed by atoms with Crippen LogP contribution in [-0.2, 0) is 27.2 Å². The summed E-state index contributed by atoms with van der Waals surface area (Å²) in [6, 6.07) is 12.0. The topological polar surface area (TPSA) is 51.9 Å². The predicted octanol–water partition coefficient (Wildman–Crippen LogP) is 1.56. The van der Waals surface area contributed by atoms with E-state index >= 15 is 0 Å². The Morgan fingerprint density at radius 1 is 1.05 bits per heavy atom. The van der Waals surface area contributed by atoms with E-state index in [0.29, 0.717) is 0 Å². The standard InChI is InChI=1S/C16H18N4O/c1-19-14-7-6-12(9-15(14)20(2)16(19)21)10-17-11-13-5-3-4-8-18-13/h3-9,17H,10-11H2,1-2H3. The lowest BCUT2D eigenvalue weighted by molar-refractivity contribution is 0.680. The van der Waals surface area contributed by atoms with Crippen molar-refractivity contribution in [3.8, 4) is 0 Å². The third kappa shape index (κ3) is 2.60. The zero-order chi connectivity index (χ0) is 14.8. The molecule has 3 aromatic rings. The Labute approximate surface area is 122 Å². The quantitative estimate of drug-likeness (QED) is 0.790. The molecule has 2 heterocycles. The van der Waals surface area contributed by atoms with Crippen molar-refractivity contribution in [1.82, 2.24) is 19.4 Å². The van der Waals surface area contributed by atoms with Crippen LogP contribution in [0.2, 0.25) is 0 Å². The monoisotopic (exact) mass is 282 g/mol. The minimum atomic E-state index is 0.00333. The minimum absolute atomic E-state index is 0.00333. The molecule has 0 saturated heterocycles. The molecule has 0 fully saturated rings. The summed E-state index contributed by atoms with van der Waals surface area (Å²) in [7, 11) is 3.60. The van der Waals surface area contributed by atoms with Crippen molar-refractivity contribution < 1.29 is 0 Å². The number of nitrogens with one attached hydrogen (secondary N) is 1. The second-order valence-electron chi connectivity index (χ2n) is 5.15. The van der Waals surface area contributed by atoms with Crippen molar-refractivity contribution in [3.05, 3.63) is 64.3 Å². The molecule has 0 radical (unpaired) electrons. The fraction of sp³-hybridized carbons (Fsp3) is 0.250. The lowest BCUT2D eigenvalue weighted by Gasteiger charge is -2.05. The number of aryl methyl sites for hydroxylation is 2. The lowest BCUT2D eigenvalue weighted by Crippen LogP contribution is -2.19. The molecule has 5 heteroatoms. The van der Waals surface area contributed by atoms with Gasteiger partial charge in [-0.15, -0.1) is 0 Å². The molecule has 0 aliphatic carbocycles. The Kier molecular flexibility index (Phi) is 3.58. The Bertz CT molecular complexity index is 817. The van der Waals surface area contributed by atoms with E-state index in [4.69, 9.17) is 0 Å². The third-order valence-corrected chi connectivity index (χ3v) is 3.70. The first-order chi connectivity index (χ1) is 10.2. The van der Waals surface area contributed by atoms with Gasteiger partial charge < -0.3 is 5.32 Å². The Hall–Kier alpha value is -2.40. The maximum Gasteiger partial charge on any atom is 0.328 e. The van der Waals surface area contributed by atoms with Gasteiger partial charge in [-0.2, -0.15) is 0 Å². The molecule has 1 N–H and O–H groups in total. The molecule has 2 aromatic heterocycles. The number of benzene rings is 1. The van der Waals surface area contributed by atoms with Gasteiger partial charge in [0.15, 0.2) is 0 Å². The fourth-order valence-corrected chi connectivity index (χ4v) is 2.50. The van der Waals surface area contributed by atoms with Gasteiger partial charge in [-0.25, -0.2) is 4.79 Å². The van der Waals surface area contributed by atoms with Crippen LogP contribution in [0, 0.1) is 0 Å². The van der Waals surface area contributed by atoms with Crippen molar-refractivity contribution in [2.45, 2.75) is 13.1 Å². The summed E-state index contributed by atoms with van der Waals surface area (Å²) in [5.41, 5.74) is 4.09. The summed E-state index contributed by atoms with van der Waals surface area (Å²) >= 11 is 0. The number of nitrogens with zero attached hydrogens (tertiary/aromatic N) is 3. The van der Waals surface area contributed by atoms with Gasteiger partial charge in [0.05, 0.1) is 16.7 Å². The normalized spacial score (nSPS) is 11.1. The molecule has 0 bridgehead atoms. The van der Waals surface area contributed by atoms with Crippen LogP contribution >= 0.6 is 0 Å². The van der Waals surface area contributed by atoms with E-state index in [1.165, 1.54) is 0 Å². The molecule has 5 nitrogen and oxygen atoms in total. The molecule has 0 aliphatic rings. The Morgan fingerprint density at radius 3 is 2.62 bits per heavy atom. The van der Waals surface area contributed by atoms with Crippen LogP contribution in [0.5, 0.6) is 0 Å². The third-order valence-electron chi connectivity index (χ3n) is 3.70. The molecule has 0 amide bonds. The maximum atomic E-state index is 11.9. The van der Waals surface area contributed by atoms with E-state index in [-0.39, 0.29) is 5.69 Å². The number of rotatable bonds is 4. The molecule has 0 spiro atoms. The van der Waals surface area contributed by atoms with Gasteiger partial charge in [0.2, 0.25) is 0 Å². The van der Waals surface area contributed by atoms with Gasteiger partial charge in [0, 0.05) is 33.4 Å². The van der Waals surface area contributed by atoms with E-state index in [1.807, 2.05) is 30.3 Å². The van der Waals surface area contributed by atoms with Gasteiger partial charge in [-0.1, -0.05) is 12.1 Å². The molecule has 108 valence electrons. The van der Waals surface area contributed by atoms with Gasteiger partial charge in [0.25, 0.3) is 0 Å². The molecular formula is C16H18N4O. The number of pyridine rings is 1. The number of fused-ring (bicyclic) bond motifs is 1. The van der Waals surface area contributed by atoms with Crippen molar-refractivity contribution in [2.24, 2.45) is 14.1 Å². The number of aromatic nitrogens is 3. The van der Waals surface area contributed by atoms with E-state index in [9.17, 15) is 4.79 Å². The van der Waals surface area contributed by atoms with E-state index in [2.05, 4.69) is 16.4 Å². The number of hydrogen-bond donors (Lipinski definition) is 1. The van der Waals surface area contributed by atoms with Crippen molar-refractivity contribution in [3.63, 3.8) is 0 Å². The van der Waals surface area contributed by atoms with E-state index < -0.39 is 0 Å². The zero-order valence-electron chi connectivity index (χ0n) is 12.2. The van der Waals surface area contributed by atoms with Crippen LogP contribution in [0.15, 0.2) is 47.4 Å². The highest BCUT2D eigenvalue weighted by Crippen LogP contribution is 2.14. The molecule has 0 unspecified atom stereocenters. The first-order valence-corrected chi connectivity index (χ1v) is 6.92. The second kappa shape index (κ2) is 5.54. The second-order valence-corrected chi connectivity index (χ2v) is 5.15. The molecule has 0 aliphatic heterocycles. The van der Waals surface area contributed by atoms with Crippen LogP contribution in [0.1, 0.15) is 11.3 Å². The largest absolute Gasteiger partial charge is 0.328 e. The maximum absolute atomic E-state index is 11.9. The van der Waals surface area contributed by atoms with Gasteiger partial charge in [0.1, 0.15) is 0 Å². The van der Waals surface area contributed by atoms with Gasteiger partial charge >= 0.3 is 5.69 Å². The smallest absolute Gasteiger partial charge is 0.307 e. The summed E-state index contributed by atoms with van der Waals surface area (Å²) in [6.07, 6.45) is 1.79. The fourth-order valence-electron chi connectivity index (χ4n) is 2.50. The first kappa shape index (κ1) is 13.6. The predicted molar refractivity (Wildman–Crippen MR) is 82.9 cm³/mol. The summed E-state index contributed by atoms with van der Waals surface area (Å²) in [4.78, 5) is 16.2. The first-order valence-electron chi connectivity index (χ1n) is 6.92. The highest BCUT2D eigenvalue weighted by molar-refractivity contribution is 5.76. The van der Waals surface area contributed by atoms with Gasteiger partial charge in [-0.3, -0.25) is 14.1 Å². The summed E-state index contributed by atoms with van der Waals surface area (Å²) in [6.45, 7) is 1.47. The average molecular weight is 282 g/mol. The van der Waals surface area contributed by atoms with Crippen molar-refractivity contribution in [1.29, 1.82) is 0 Å². The van der Waals surface area contributed by atoms with Crippen LogP contribution in [0.4, 0.5) is 0 Å². The van der Waals surface area contributed by atoms with Crippen LogP contribution in [0.25, 0.3) is 11.0 Å². The van der Waals surface area contributed by atoms with Crippen LogP contribution in [-0.4, -0.2) is 14.1 Å². The van der Waals surface area contributed by atoms with Crippen LogP contribution < -0.4 is 11.0 Å². The van der Waals surface area contributed by atoms with Gasteiger partial charge in [-0.05, 0) is 29.8 Å². The zero-order valence-corrected chi connectivity index (χ0v) is 12.2. The summed E-state index contributed by atoms with van der Waals surface area (Å²) in [5, 5.41) is 3.37.